The summed E-state index contributed by atoms with van der Waals surface area (Å²) in [6, 6.07) is 4.09. The first-order valence-corrected chi connectivity index (χ1v) is 11.5. The molecule has 2 aromatic rings. The van der Waals surface area contributed by atoms with Crippen molar-refractivity contribution >= 4 is 29.5 Å². The molecule has 4 rings (SSSR count). The summed E-state index contributed by atoms with van der Waals surface area (Å²) < 4.78 is 11.5. The van der Waals surface area contributed by atoms with Crippen LogP contribution in [-0.4, -0.2) is 64.0 Å². The van der Waals surface area contributed by atoms with Crippen LogP contribution in [0.3, 0.4) is 0 Å². The quantitative estimate of drug-likeness (QED) is 0.666. The van der Waals surface area contributed by atoms with E-state index in [1.54, 1.807) is 23.0 Å². The molecule has 0 aliphatic carbocycles. The van der Waals surface area contributed by atoms with Gasteiger partial charge in [0.2, 0.25) is 5.88 Å². The third-order valence-electron chi connectivity index (χ3n) is 5.27. The number of nitrogens with zero attached hydrogens (tertiary/aromatic N) is 5. The van der Waals surface area contributed by atoms with Gasteiger partial charge in [0.25, 0.3) is 0 Å². The normalized spacial score (nSPS) is 16.7. The van der Waals surface area contributed by atoms with Gasteiger partial charge in [-0.05, 0) is 38.7 Å². The highest BCUT2D eigenvalue weighted by molar-refractivity contribution is 7.98. The number of rotatable bonds is 5. The Balaban J connectivity index is 1.41. The van der Waals surface area contributed by atoms with E-state index in [0.29, 0.717) is 19.0 Å². The minimum absolute atomic E-state index is 0.0279. The molecule has 1 amide bonds. The monoisotopic (exact) mass is 429 g/mol. The predicted molar refractivity (Wildman–Crippen MR) is 116 cm³/mol. The Bertz CT molecular complexity index is 885. The van der Waals surface area contributed by atoms with E-state index in [1.165, 1.54) is 0 Å². The molecule has 2 aliphatic rings. The van der Waals surface area contributed by atoms with Gasteiger partial charge in [-0.1, -0.05) is 0 Å². The third kappa shape index (κ3) is 4.45. The van der Waals surface area contributed by atoms with Gasteiger partial charge in [-0.15, -0.1) is 11.8 Å². The van der Waals surface area contributed by atoms with E-state index in [0.717, 1.165) is 47.9 Å². The SMILES string of the molecule is CSc1ccc(N2CCc3c(OC4CCN(C(=O)OC(C)C)CC4)ncnc32)nc1. The minimum atomic E-state index is -0.248. The minimum Gasteiger partial charge on any atom is -0.474 e. The van der Waals surface area contributed by atoms with Crippen LogP contribution in [-0.2, 0) is 11.2 Å². The molecule has 0 radical (unpaired) electrons. The van der Waals surface area contributed by atoms with Gasteiger partial charge in [-0.3, -0.25) is 0 Å². The highest BCUT2D eigenvalue weighted by Gasteiger charge is 2.30. The molecule has 30 heavy (non-hydrogen) atoms. The zero-order valence-corrected chi connectivity index (χ0v) is 18.4. The summed E-state index contributed by atoms with van der Waals surface area (Å²) in [5, 5.41) is 0. The standard InChI is InChI=1S/C21H27N5O3S/c1-14(2)28-21(27)25-9-6-15(7-10-25)29-20-17-8-11-26(19(17)23-13-24-20)18-5-4-16(30-3)12-22-18/h4-5,12-15H,6-11H2,1-3H3. The predicted octanol–water partition coefficient (Wildman–Crippen LogP) is 3.68. The van der Waals surface area contributed by atoms with Crippen LogP contribution in [0.15, 0.2) is 29.6 Å². The molecule has 0 aromatic carbocycles. The van der Waals surface area contributed by atoms with Gasteiger partial charge in [-0.25, -0.2) is 19.7 Å². The van der Waals surface area contributed by atoms with Crippen LogP contribution < -0.4 is 9.64 Å². The van der Waals surface area contributed by atoms with Crippen LogP contribution in [0.25, 0.3) is 0 Å². The van der Waals surface area contributed by atoms with Gasteiger partial charge in [0.1, 0.15) is 24.1 Å². The number of amides is 1. The summed E-state index contributed by atoms with van der Waals surface area (Å²) in [7, 11) is 0. The van der Waals surface area contributed by atoms with Gasteiger partial charge in [-0.2, -0.15) is 0 Å². The maximum atomic E-state index is 12.1. The second-order valence-electron chi connectivity index (χ2n) is 7.68. The van der Waals surface area contributed by atoms with Crippen LogP contribution >= 0.6 is 11.8 Å². The van der Waals surface area contributed by atoms with E-state index in [2.05, 4.69) is 25.9 Å². The average molecular weight is 430 g/mol. The van der Waals surface area contributed by atoms with Crippen molar-refractivity contribution in [2.75, 3.05) is 30.8 Å². The molecule has 4 heterocycles. The summed E-state index contributed by atoms with van der Waals surface area (Å²) in [6.07, 6.45) is 7.48. The number of fused-ring (bicyclic) bond motifs is 1. The highest BCUT2D eigenvalue weighted by atomic mass is 32.2. The maximum Gasteiger partial charge on any atom is 0.410 e. The van der Waals surface area contributed by atoms with E-state index in [9.17, 15) is 4.79 Å². The zero-order valence-electron chi connectivity index (χ0n) is 17.6. The summed E-state index contributed by atoms with van der Waals surface area (Å²) in [6.45, 7) is 5.77. The van der Waals surface area contributed by atoms with Crippen molar-refractivity contribution in [3.8, 4) is 5.88 Å². The molecule has 0 N–H and O–H groups in total. The third-order valence-corrected chi connectivity index (χ3v) is 5.99. The van der Waals surface area contributed by atoms with E-state index in [1.807, 2.05) is 32.4 Å². The highest BCUT2D eigenvalue weighted by Crippen LogP contribution is 2.36. The first-order chi connectivity index (χ1) is 14.5. The molecular formula is C21H27N5O3S. The number of piperidine rings is 1. The molecule has 1 fully saturated rings. The second kappa shape index (κ2) is 9.07. The number of ether oxygens (including phenoxy) is 2. The first-order valence-electron chi connectivity index (χ1n) is 10.3. The molecule has 160 valence electrons. The van der Waals surface area contributed by atoms with E-state index >= 15 is 0 Å². The van der Waals surface area contributed by atoms with E-state index < -0.39 is 0 Å². The Morgan fingerprint density at radius 2 is 1.97 bits per heavy atom. The van der Waals surface area contributed by atoms with Crippen molar-refractivity contribution in [1.29, 1.82) is 0 Å². The van der Waals surface area contributed by atoms with Gasteiger partial charge in [0.15, 0.2) is 0 Å². The number of hydrogen-bond acceptors (Lipinski definition) is 8. The molecule has 1 saturated heterocycles. The molecule has 2 aromatic heterocycles. The summed E-state index contributed by atoms with van der Waals surface area (Å²) >= 11 is 1.67. The summed E-state index contributed by atoms with van der Waals surface area (Å²) in [5.74, 6) is 2.39. The smallest absolute Gasteiger partial charge is 0.410 e. The molecule has 0 unspecified atom stereocenters. The van der Waals surface area contributed by atoms with Gasteiger partial charge >= 0.3 is 6.09 Å². The molecule has 0 bridgehead atoms. The van der Waals surface area contributed by atoms with Crippen LogP contribution in [0.4, 0.5) is 16.4 Å². The number of hydrogen-bond donors (Lipinski definition) is 0. The number of aromatic nitrogens is 3. The molecule has 9 heteroatoms. The maximum absolute atomic E-state index is 12.1. The molecule has 2 aliphatic heterocycles. The van der Waals surface area contributed by atoms with E-state index in [-0.39, 0.29) is 18.3 Å². The largest absolute Gasteiger partial charge is 0.474 e. The number of thioether (sulfide) groups is 1. The Labute approximate surface area is 181 Å². The average Bonchev–Trinajstić information content (AvgIpc) is 3.19. The zero-order chi connectivity index (χ0) is 21.1. The van der Waals surface area contributed by atoms with Gasteiger partial charge in [0.05, 0.1) is 11.7 Å². The lowest BCUT2D eigenvalue weighted by atomic mass is 10.1. The van der Waals surface area contributed by atoms with E-state index in [4.69, 9.17) is 9.47 Å². The number of likely N-dealkylation sites (tertiary alicyclic amines) is 1. The molecule has 0 spiro atoms. The van der Waals surface area contributed by atoms with Gasteiger partial charge in [0, 0.05) is 43.6 Å². The Morgan fingerprint density at radius 3 is 2.63 bits per heavy atom. The Hall–Kier alpha value is -2.55. The van der Waals surface area contributed by atoms with Crippen LogP contribution in [0.5, 0.6) is 5.88 Å². The van der Waals surface area contributed by atoms with Gasteiger partial charge < -0.3 is 19.3 Å². The fourth-order valence-electron chi connectivity index (χ4n) is 3.74. The van der Waals surface area contributed by atoms with Crippen molar-refractivity contribution in [3.05, 3.63) is 30.2 Å². The lowest BCUT2D eigenvalue weighted by Crippen LogP contribution is -2.42. The van der Waals surface area contributed by atoms with Crippen molar-refractivity contribution in [3.63, 3.8) is 0 Å². The van der Waals surface area contributed by atoms with Crippen molar-refractivity contribution in [2.45, 2.75) is 50.2 Å². The second-order valence-corrected chi connectivity index (χ2v) is 8.56. The molecule has 8 nitrogen and oxygen atoms in total. The van der Waals surface area contributed by atoms with Crippen LogP contribution in [0.2, 0.25) is 0 Å². The lowest BCUT2D eigenvalue weighted by molar-refractivity contribution is 0.0505. The number of carbonyl (C=O) groups is 1. The molecule has 0 saturated carbocycles. The van der Waals surface area contributed by atoms with Crippen molar-refractivity contribution in [1.82, 2.24) is 19.9 Å². The fourth-order valence-corrected chi connectivity index (χ4v) is 4.10. The number of pyridine rings is 1. The topological polar surface area (TPSA) is 80.7 Å². The Kier molecular flexibility index (Phi) is 6.26. The van der Waals surface area contributed by atoms with Crippen molar-refractivity contribution in [2.24, 2.45) is 0 Å². The number of carbonyl (C=O) groups excluding carboxylic acids is 1. The molecule has 0 atom stereocenters. The lowest BCUT2D eigenvalue weighted by Gasteiger charge is -2.32. The Morgan fingerprint density at radius 1 is 1.17 bits per heavy atom. The first kappa shape index (κ1) is 20.7. The summed E-state index contributed by atoms with van der Waals surface area (Å²) in [4.78, 5) is 30.5. The van der Waals surface area contributed by atoms with Crippen LogP contribution in [0.1, 0.15) is 32.3 Å². The van der Waals surface area contributed by atoms with Crippen LogP contribution in [0, 0.1) is 0 Å². The summed E-state index contributed by atoms with van der Waals surface area (Å²) in [5.41, 5.74) is 1.02. The van der Waals surface area contributed by atoms with Crippen molar-refractivity contribution < 1.29 is 14.3 Å². The number of anilines is 2. The molecular weight excluding hydrogens is 402 g/mol. The fraction of sp³-hybridized carbons (Fsp3) is 0.524.